The minimum atomic E-state index is -1.04. The van der Waals surface area contributed by atoms with Crippen LogP contribution in [0.1, 0.15) is 43.8 Å². The number of carbonyl (C=O) groups excluding carboxylic acids is 1. The van der Waals surface area contributed by atoms with Gasteiger partial charge in [0.25, 0.3) is 11.8 Å². The number of carbonyl (C=O) groups is 1. The SMILES string of the molecule is CC1Oc2nc(cnc2N)-c2c(nn(C)c2C#N)CC2=NC(=O)C(C)(C)N2c2ccc(F)cc21. The summed E-state index contributed by atoms with van der Waals surface area (Å²) in [7, 11) is 1.65. The van der Waals surface area contributed by atoms with Crippen molar-refractivity contribution in [2.24, 2.45) is 12.0 Å². The lowest BCUT2D eigenvalue weighted by Gasteiger charge is -2.35. The largest absolute Gasteiger partial charge is 0.467 e. The van der Waals surface area contributed by atoms with E-state index in [4.69, 9.17) is 10.5 Å². The summed E-state index contributed by atoms with van der Waals surface area (Å²) in [6.07, 6.45) is 0.873. The number of aromatic nitrogens is 4. The fourth-order valence-electron chi connectivity index (χ4n) is 4.41. The second-order valence-electron chi connectivity index (χ2n) is 8.72. The maximum absolute atomic E-state index is 14.4. The van der Waals surface area contributed by atoms with Crippen molar-refractivity contribution in [3.8, 4) is 23.2 Å². The number of aliphatic imine (C=N–C) groups is 1. The molecule has 0 saturated carbocycles. The molecule has 4 heterocycles. The number of nitrogens with two attached hydrogens (primary N) is 1. The standard InChI is InChI=1S/C23H21FN8O2/c1-11-13-7-12(24)5-6-16(13)32-18(29-22(33)23(32,2)3)8-14-19(17(9-25)31(4)30-14)15-10-27-20(26)21(28-15)34-11/h5-7,10-11H,8H2,1-4H3,(H2,26,27). The second-order valence-corrected chi connectivity index (χ2v) is 8.72. The predicted octanol–water partition coefficient (Wildman–Crippen LogP) is 2.69. The zero-order valence-corrected chi connectivity index (χ0v) is 19.0. The van der Waals surface area contributed by atoms with E-state index in [0.717, 1.165) is 0 Å². The molecular weight excluding hydrogens is 439 g/mol. The van der Waals surface area contributed by atoms with Crippen molar-refractivity contribution < 1.29 is 13.9 Å². The number of nitriles is 1. The fraction of sp³-hybridized carbons (Fsp3) is 0.304. The highest BCUT2D eigenvalue weighted by Gasteiger charge is 2.45. The molecule has 0 spiro atoms. The number of amides is 1. The number of anilines is 2. The molecule has 1 amide bonds. The molecule has 2 N–H and O–H groups in total. The van der Waals surface area contributed by atoms with Crippen molar-refractivity contribution in [3.05, 3.63) is 47.2 Å². The van der Waals surface area contributed by atoms with Crippen molar-refractivity contribution in [2.45, 2.75) is 38.8 Å². The van der Waals surface area contributed by atoms with Crippen LogP contribution in [0.4, 0.5) is 15.9 Å². The molecule has 2 aliphatic heterocycles. The highest BCUT2D eigenvalue weighted by Crippen LogP contribution is 2.40. The van der Waals surface area contributed by atoms with Gasteiger partial charge in [-0.25, -0.2) is 14.4 Å². The first-order valence-electron chi connectivity index (χ1n) is 10.6. The smallest absolute Gasteiger partial charge is 0.273 e. The van der Waals surface area contributed by atoms with E-state index >= 15 is 0 Å². The lowest BCUT2D eigenvalue weighted by molar-refractivity contribution is -0.120. The van der Waals surface area contributed by atoms with Gasteiger partial charge in [0.05, 0.1) is 35.3 Å². The summed E-state index contributed by atoms with van der Waals surface area (Å²) in [6.45, 7) is 5.24. The molecule has 2 aliphatic rings. The van der Waals surface area contributed by atoms with E-state index in [0.29, 0.717) is 34.0 Å². The maximum Gasteiger partial charge on any atom is 0.273 e. The van der Waals surface area contributed by atoms with Crippen LogP contribution < -0.4 is 15.4 Å². The van der Waals surface area contributed by atoms with E-state index in [1.165, 1.54) is 23.0 Å². The van der Waals surface area contributed by atoms with E-state index in [1.807, 2.05) is 0 Å². The van der Waals surface area contributed by atoms with Crippen molar-refractivity contribution in [1.29, 1.82) is 5.26 Å². The van der Waals surface area contributed by atoms with Gasteiger partial charge in [0, 0.05) is 12.6 Å². The van der Waals surface area contributed by atoms with Crippen LogP contribution in [0, 0.1) is 17.1 Å². The normalized spacial score (nSPS) is 18.5. The Labute approximate surface area is 194 Å². The van der Waals surface area contributed by atoms with Gasteiger partial charge in [-0.2, -0.15) is 15.4 Å². The number of fused-ring (bicyclic) bond motifs is 7. The Balaban J connectivity index is 1.83. The Hall–Kier alpha value is -4.33. The van der Waals surface area contributed by atoms with Crippen LogP contribution >= 0.6 is 0 Å². The Morgan fingerprint density at radius 3 is 2.85 bits per heavy atom. The summed E-state index contributed by atoms with van der Waals surface area (Å²) in [6, 6.07) is 6.43. The molecule has 2 aromatic heterocycles. The molecule has 172 valence electrons. The van der Waals surface area contributed by atoms with Gasteiger partial charge in [-0.05, 0) is 39.0 Å². The molecule has 11 heteroatoms. The maximum atomic E-state index is 14.4. The van der Waals surface area contributed by atoms with Crippen LogP contribution in [-0.4, -0.2) is 37.0 Å². The Bertz CT molecular complexity index is 1440. The number of halogens is 1. The third-order valence-corrected chi connectivity index (χ3v) is 6.10. The molecule has 0 radical (unpaired) electrons. The topological polar surface area (TPSA) is 135 Å². The quantitative estimate of drug-likeness (QED) is 0.541. The van der Waals surface area contributed by atoms with E-state index in [-0.39, 0.29) is 29.7 Å². The third kappa shape index (κ3) is 3.10. The minimum Gasteiger partial charge on any atom is -0.467 e. The molecule has 0 fully saturated rings. The number of ether oxygens (including phenoxy) is 1. The molecule has 34 heavy (non-hydrogen) atoms. The monoisotopic (exact) mass is 460 g/mol. The molecule has 1 unspecified atom stereocenters. The van der Waals surface area contributed by atoms with E-state index < -0.39 is 17.5 Å². The van der Waals surface area contributed by atoms with E-state index in [1.54, 1.807) is 38.8 Å². The van der Waals surface area contributed by atoms with Crippen LogP contribution in [0.5, 0.6) is 5.88 Å². The molecule has 3 aromatic rings. The summed E-state index contributed by atoms with van der Waals surface area (Å²) in [5, 5.41) is 14.3. The van der Waals surface area contributed by atoms with Gasteiger partial charge in [-0.1, -0.05) is 0 Å². The first-order valence-corrected chi connectivity index (χ1v) is 10.6. The summed E-state index contributed by atoms with van der Waals surface area (Å²) in [5.41, 5.74) is 7.59. The number of aryl methyl sites for hydroxylation is 1. The fourth-order valence-corrected chi connectivity index (χ4v) is 4.41. The van der Waals surface area contributed by atoms with Crippen LogP contribution in [0.2, 0.25) is 0 Å². The highest BCUT2D eigenvalue weighted by atomic mass is 19.1. The lowest BCUT2D eigenvalue weighted by atomic mass is 9.98. The van der Waals surface area contributed by atoms with E-state index in [2.05, 4.69) is 26.1 Å². The van der Waals surface area contributed by atoms with E-state index in [9.17, 15) is 14.4 Å². The molecule has 10 nitrogen and oxygen atoms in total. The Morgan fingerprint density at radius 1 is 1.35 bits per heavy atom. The summed E-state index contributed by atoms with van der Waals surface area (Å²) in [5.74, 6) is -0.285. The number of nitrogen functional groups attached to an aromatic ring is 1. The first kappa shape index (κ1) is 21.5. The highest BCUT2D eigenvalue weighted by molar-refractivity contribution is 6.17. The molecule has 0 aliphatic carbocycles. The van der Waals surface area contributed by atoms with Crippen LogP contribution in [0.15, 0.2) is 29.4 Å². The molecule has 1 atom stereocenters. The summed E-state index contributed by atoms with van der Waals surface area (Å²) in [4.78, 5) is 27.8. The Morgan fingerprint density at radius 2 is 2.12 bits per heavy atom. The van der Waals surface area contributed by atoms with Gasteiger partial charge in [-0.3, -0.25) is 9.48 Å². The zero-order chi connectivity index (χ0) is 24.4. The Kier molecular flexibility index (Phi) is 4.65. The van der Waals surface area contributed by atoms with Gasteiger partial charge in [0.1, 0.15) is 35.1 Å². The van der Waals surface area contributed by atoms with Gasteiger partial charge in [-0.15, -0.1) is 0 Å². The van der Waals surface area contributed by atoms with Crippen LogP contribution in [0.25, 0.3) is 11.3 Å². The van der Waals surface area contributed by atoms with Crippen molar-refractivity contribution in [2.75, 3.05) is 10.6 Å². The summed E-state index contributed by atoms with van der Waals surface area (Å²) >= 11 is 0. The minimum absolute atomic E-state index is 0.0464. The zero-order valence-electron chi connectivity index (χ0n) is 19.0. The van der Waals surface area contributed by atoms with Crippen molar-refractivity contribution >= 4 is 23.2 Å². The average Bonchev–Trinajstić information content (AvgIpc) is 3.20. The van der Waals surface area contributed by atoms with Gasteiger partial charge >= 0.3 is 0 Å². The molecule has 0 saturated heterocycles. The van der Waals surface area contributed by atoms with Gasteiger partial charge in [0.15, 0.2) is 5.82 Å². The molecule has 5 rings (SSSR count). The van der Waals surface area contributed by atoms with Crippen LogP contribution in [0.3, 0.4) is 0 Å². The first-order chi connectivity index (χ1) is 16.1. The van der Waals surface area contributed by atoms with Gasteiger partial charge < -0.3 is 15.4 Å². The van der Waals surface area contributed by atoms with Gasteiger partial charge in [0.2, 0.25) is 0 Å². The second kappa shape index (κ2) is 7.34. The van der Waals surface area contributed by atoms with Crippen molar-refractivity contribution in [1.82, 2.24) is 19.7 Å². The average molecular weight is 460 g/mol. The third-order valence-electron chi connectivity index (χ3n) is 6.10. The summed E-state index contributed by atoms with van der Waals surface area (Å²) < 4.78 is 21.8. The molecule has 2 bridgehead atoms. The predicted molar refractivity (Wildman–Crippen MR) is 122 cm³/mol. The number of amidine groups is 1. The number of rotatable bonds is 0. The van der Waals surface area contributed by atoms with Crippen molar-refractivity contribution in [3.63, 3.8) is 0 Å². The number of hydrogen-bond acceptors (Lipinski definition) is 8. The lowest BCUT2D eigenvalue weighted by Crippen LogP contribution is -2.48. The molecular formula is C23H21FN8O2. The molecule has 1 aromatic carbocycles. The number of hydrogen-bond donors (Lipinski definition) is 1. The number of benzene rings is 1. The number of nitrogens with zero attached hydrogens (tertiary/aromatic N) is 7. The van der Waals surface area contributed by atoms with Crippen LogP contribution in [-0.2, 0) is 18.3 Å².